The molecule has 1 amide bonds. The molecule has 0 spiro atoms. The molecule has 5 nitrogen and oxygen atoms in total. The predicted molar refractivity (Wildman–Crippen MR) is 102 cm³/mol. The normalized spacial score (nSPS) is 11.3. The third-order valence-electron chi connectivity index (χ3n) is 4.01. The maximum atomic E-state index is 12.8. The molecule has 0 aliphatic heterocycles. The van der Waals surface area contributed by atoms with Gasteiger partial charge in [-0.05, 0) is 42.2 Å². The van der Waals surface area contributed by atoms with E-state index in [1.54, 1.807) is 24.3 Å². The molecule has 2 aromatic carbocycles. The Bertz CT molecular complexity index is 795. The van der Waals surface area contributed by atoms with Crippen LogP contribution in [0.4, 0.5) is 18.9 Å². The first-order valence-electron chi connectivity index (χ1n) is 8.93. The van der Waals surface area contributed by atoms with Crippen LogP contribution in [0.2, 0.25) is 0 Å². The Labute approximate surface area is 161 Å². The Hall–Kier alpha value is -2.74. The van der Waals surface area contributed by atoms with E-state index in [0.29, 0.717) is 49.5 Å². The quantitative estimate of drug-likeness (QED) is 0.539. The molecular formula is C20H24F3N3O2. The fraction of sp³-hybridized carbons (Fsp3) is 0.350. The number of halogens is 3. The number of hydrogen-bond donors (Lipinski definition) is 3. The minimum atomic E-state index is -4.34. The summed E-state index contributed by atoms with van der Waals surface area (Å²) in [5, 5.41) is 3.21. The van der Waals surface area contributed by atoms with Gasteiger partial charge < -0.3 is 21.5 Å². The molecule has 0 radical (unpaired) electrons. The molecule has 5 N–H and O–H groups in total. The van der Waals surface area contributed by atoms with Crippen molar-refractivity contribution in [2.24, 2.45) is 11.5 Å². The number of rotatable bonds is 10. The highest BCUT2D eigenvalue weighted by atomic mass is 19.4. The monoisotopic (exact) mass is 395 g/mol. The number of alkyl halides is 3. The first-order chi connectivity index (χ1) is 13.3. The average Bonchev–Trinajstić information content (AvgIpc) is 2.63. The Morgan fingerprint density at radius 1 is 1.11 bits per heavy atom. The third kappa shape index (κ3) is 6.77. The molecule has 2 rings (SSSR count). The number of aryl methyl sites for hydroxylation is 1. The molecule has 0 fully saturated rings. The van der Waals surface area contributed by atoms with Crippen molar-refractivity contribution in [3.63, 3.8) is 0 Å². The van der Waals surface area contributed by atoms with Crippen LogP contribution in [-0.2, 0) is 23.8 Å². The van der Waals surface area contributed by atoms with E-state index in [0.717, 1.165) is 11.6 Å². The molecule has 0 unspecified atom stereocenters. The lowest BCUT2D eigenvalue weighted by Gasteiger charge is -2.14. The minimum Gasteiger partial charge on any atom is -0.490 e. The number of benzene rings is 2. The van der Waals surface area contributed by atoms with Crippen LogP contribution in [-0.4, -0.2) is 25.6 Å². The zero-order chi connectivity index (χ0) is 20.6. The van der Waals surface area contributed by atoms with Gasteiger partial charge >= 0.3 is 6.18 Å². The summed E-state index contributed by atoms with van der Waals surface area (Å²) >= 11 is 0. The van der Waals surface area contributed by atoms with Crippen molar-refractivity contribution in [1.29, 1.82) is 0 Å². The topological polar surface area (TPSA) is 90.4 Å². The Morgan fingerprint density at radius 3 is 2.57 bits per heavy atom. The number of amides is 1. The first-order valence-corrected chi connectivity index (χ1v) is 8.93. The highest BCUT2D eigenvalue weighted by Gasteiger charge is 2.30. The van der Waals surface area contributed by atoms with E-state index in [-0.39, 0.29) is 6.42 Å². The first kappa shape index (κ1) is 21.6. The van der Waals surface area contributed by atoms with Crippen molar-refractivity contribution < 1.29 is 22.7 Å². The van der Waals surface area contributed by atoms with Crippen molar-refractivity contribution in [3.05, 3.63) is 59.2 Å². The maximum absolute atomic E-state index is 12.8. The summed E-state index contributed by atoms with van der Waals surface area (Å²) in [6.45, 7) is 1.22. The molecule has 152 valence electrons. The van der Waals surface area contributed by atoms with E-state index in [4.69, 9.17) is 16.2 Å². The Morgan fingerprint density at radius 2 is 1.89 bits per heavy atom. The van der Waals surface area contributed by atoms with E-state index in [2.05, 4.69) is 5.32 Å². The number of carbonyl (C=O) groups is 1. The van der Waals surface area contributed by atoms with Crippen molar-refractivity contribution >= 4 is 11.6 Å². The lowest BCUT2D eigenvalue weighted by molar-refractivity contribution is -0.137. The second-order valence-electron chi connectivity index (χ2n) is 6.34. The largest absolute Gasteiger partial charge is 0.490 e. The summed E-state index contributed by atoms with van der Waals surface area (Å²) in [6.07, 6.45) is -3.12. The van der Waals surface area contributed by atoms with Gasteiger partial charge in [0.2, 0.25) is 5.91 Å². The summed E-state index contributed by atoms with van der Waals surface area (Å²) in [5.74, 6) is 0.156. The van der Waals surface area contributed by atoms with Crippen LogP contribution in [0.3, 0.4) is 0 Å². The molecule has 0 bridgehead atoms. The number of nitrogens with two attached hydrogens (primary N) is 2. The number of carbonyl (C=O) groups excluding carboxylic acids is 1. The Balaban J connectivity index is 1.98. The highest BCUT2D eigenvalue weighted by molar-refractivity contribution is 5.77. The molecular weight excluding hydrogens is 371 g/mol. The van der Waals surface area contributed by atoms with Gasteiger partial charge in [-0.3, -0.25) is 4.79 Å². The fourth-order valence-corrected chi connectivity index (χ4v) is 2.74. The molecule has 0 saturated carbocycles. The number of anilines is 1. The summed E-state index contributed by atoms with van der Waals surface area (Å²) in [6, 6.07) is 10.6. The van der Waals surface area contributed by atoms with Crippen LogP contribution < -0.4 is 21.5 Å². The molecule has 0 saturated heterocycles. The van der Waals surface area contributed by atoms with Crippen LogP contribution in [0.25, 0.3) is 0 Å². The van der Waals surface area contributed by atoms with Gasteiger partial charge in [-0.2, -0.15) is 13.2 Å². The predicted octanol–water partition coefficient (Wildman–Crippen LogP) is 3.12. The van der Waals surface area contributed by atoms with Gasteiger partial charge in [-0.1, -0.05) is 24.3 Å². The van der Waals surface area contributed by atoms with E-state index >= 15 is 0 Å². The summed E-state index contributed by atoms with van der Waals surface area (Å²) in [5.41, 5.74) is 12.1. The fourth-order valence-electron chi connectivity index (χ4n) is 2.74. The molecule has 0 aliphatic rings. The van der Waals surface area contributed by atoms with Crippen LogP contribution in [0.5, 0.6) is 5.75 Å². The lowest BCUT2D eigenvalue weighted by Crippen LogP contribution is -2.15. The molecule has 2 aromatic rings. The second-order valence-corrected chi connectivity index (χ2v) is 6.34. The molecule has 0 aromatic heterocycles. The second kappa shape index (κ2) is 9.98. The van der Waals surface area contributed by atoms with E-state index in [9.17, 15) is 18.0 Å². The highest BCUT2D eigenvalue weighted by Crippen LogP contribution is 2.30. The van der Waals surface area contributed by atoms with Gasteiger partial charge in [-0.15, -0.1) is 0 Å². The zero-order valence-corrected chi connectivity index (χ0v) is 15.4. The molecule has 8 heteroatoms. The van der Waals surface area contributed by atoms with Crippen molar-refractivity contribution in [2.75, 3.05) is 25.0 Å². The minimum absolute atomic E-state index is 0.107. The van der Waals surface area contributed by atoms with E-state index in [1.807, 2.05) is 0 Å². The molecule has 0 atom stereocenters. The average molecular weight is 395 g/mol. The standard InChI is InChI=1S/C20H24F3N3O2/c21-20(22,23)16-5-1-3-14(11-16)4-2-9-26-17-12-15(13-19(25)27)6-7-18(17)28-10-8-24/h1,3,5-7,11-12,26H,2,4,8-10,13,24H2,(H2,25,27). The van der Waals surface area contributed by atoms with Crippen LogP contribution in [0.15, 0.2) is 42.5 Å². The molecule has 28 heavy (non-hydrogen) atoms. The van der Waals surface area contributed by atoms with Gasteiger partial charge in [-0.25, -0.2) is 0 Å². The smallest absolute Gasteiger partial charge is 0.416 e. The number of hydrogen-bond acceptors (Lipinski definition) is 4. The third-order valence-corrected chi connectivity index (χ3v) is 4.01. The Kier molecular flexibility index (Phi) is 7.69. The van der Waals surface area contributed by atoms with Crippen molar-refractivity contribution in [2.45, 2.75) is 25.4 Å². The van der Waals surface area contributed by atoms with E-state index < -0.39 is 17.6 Å². The van der Waals surface area contributed by atoms with Crippen LogP contribution in [0, 0.1) is 0 Å². The van der Waals surface area contributed by atoms with Gasteiger partial charge in [0.1, 0.15) is 12.4 Å². The number of nitrogens with one attached hydrogen (secondary N) is 1. The van der Waals surface area contributed by atoms with Gasteiger partial charge in [0.05, 0.1) is 17.7 Å². The van der Waals surface area contributed by atoms with Crippen LogP contribution in [0.1, 0.15) is 23.1 Å². The van der Waals surface area contributed by atoms with Crippen molar-refractivity contribution in [3.8, 4) is 5.75 Å². The summed E-state index contributed by atoms with van der Waals surface area (Å²) in [4.78, 5) is 11.1. The molecule has 0 aliphatic carbocycles. The van der Waals surface area contributed by atoms with E-state index in [1.165, 1.54) is 12.1 Å². The van der Waals surface area contributed by atoms with Gasteiger partial charge in [0.15, 0.2) is 0 Å². The summed E-state index contributed by atoms with van der Waals surface area (Å²) < 4.78 is 43.9. The van der Waals surface area contributed by atoms with Gasteiger partial charge in [0, 0.05) is 13.1 Å². The van der Waals surface area contributed by atoms with Crippen molar-refractivity contribution in [1.82, 2.24) is 0 Å². The van der Waals surface area contributed by atoms with Crippen LogP contribution >= 0.6 is 0 Å². The maximum Gasteiger partial charge on any atom is 0.416 e. The number of primary amides is 1. The SMILES string of the molecule is NCCOc1ccc(CC(N)=O)cc1NCCCc1cccc(C(F)(F)F)c1. The lowest BCUT2D eigenvalue weighted by atomic mass is 10.1. The summed E-state index contributed by atoms with van der Waals surface area (Å²) in [7, 11) is 0. The molecule has 0 heterocycles. The zero-order valence-electron chi connectivity index (χ0n) is 15.4. The van der Waals surface area contributed by atoms with Gasteiger partial charge in [0.25, 0.3) is 0 Å². The number of ether oxygens (including phenoxy) is 1.